The van der Waals surface area contributed by atoms with E-state index in [9.17, 15) is 4.79 Å². The molecular formula is C12H24INO4. The van der Waals surface area contributed by atoms with Gasteiger partial charge < -0.3 is 19.1 Å². The average molecular weight is 373 g/mol. The van der Waals surface area contributed by atoms with E-state index in [2.05, 4.69) is 22.6 Å². The number of halogens is 1. The quantitative estimate of drug-likeness (QED) is 0.372. The number of ether oxygens (including phenoxy) is 3. The van der Waals surface area contributed by atoms with Gasteiger partial charge in [0.2, 0.25) is 0 Å². The van der Waals surface area contributed by atoms with Crippen molar-refractivity contribution >= 4 is 28.7 Å². The van der Waals surface area contributed by atoms with E-state index in [0.717, 1.165) is 11.0 Å². The highest BCUT2D eigenvalue weighted by molar-refractivity contribution is 14.1. The second kappa shape index (κ2) is 9.80. The van der Waals surface area contributed by atoms with Crippen LogP contribution < -0.4 is 0 Å². The minimum atomic E-state index is -0.459. The summed E-state index contributed by atoms with van der Waals surface area (Å²) < 4.78 is 16.8. The molecule has 0 aliphatic carbocycles. The van der Waals surface area contributed by atoms with E-state index in [-0.39, 0.29) is 6.09 Å². The van der Waals surface area contributed by atoms with E-state index in [0.29, 0.717) is 26.4 Å². The smallest absolute Gasteiger partial charge is 0.410 e. The fourth-order valence-corrected chi connectivity index (χ4v) is 1.32. The molecule has 0 saturated carbocycles. The molecule has 0 heterocycles. The van der Waals surface area contributed by atoms with Crippen LogP contribution in [0.5, 0.6) is 0 Å². The van der Waals surface area contributed by atoms with Crippen molar-refractivity contribution in [1.29, 1.82) is 0 Å². The summed E-state index contributed by atoms with van der Waals surface area (Å²) in [5.74, 6) is 0. The van der Waals surface area contributed by atoms with Gasteiger partial charge in [-0.25, -0.2) is 4.79 Å². The fraction of sp³-hybridized carbons (Fsp3) is 0.917. The van der Waals surface area contributed by atoms with Gasteiger partial charge in [0.25, 0.3) is 0 Å². The van der Waals surface area contributed by atoms with Gasteiger partial charge in [0, 0.05) is 18.0 Å². The predicted octanol–water partition coefficient (Wildman–Crippen LogP) is 2.32. The zero-order valence-electron chi connectivity index (χ0n) is 11.7. The molecule has 0 bridgehead atoms. The Bertz CT molecular complexity index is 231. The second-order valence-corrected chi connectivity index (χ2v) is 5.89. The van der Waals surface area contributed by atoms with Gasteiger partial charge in [-0.1, -0.05) is 22.6 Å². The van der Waals surface area contributed by atoms with Crippen LogP contribution in [0.2, 0.25) is 0 Å². The van der Waals surface area contributed by atoms with Crippen molar-refractivity contribution in [1.82, 2.24) is 4.90 Å². The number of carbonyl (C=O) groups excluding carboxylic acids is 1. The lowest BCUT2D eigenvalue weighted by molar-refractivity contribution is 0.0172. The summed E-state index contributed by atoms with van der Waals surface area (Å²) in [5.41, 5.74) is -0.459. The monoisotopic (exact) mass is 373 g/mol. The molecule has 0 saturated heterocycles. The third-order valence-electron chi connectivity index (χ3n) is 1.87. The lowest BCUT2D eigenvalue weighted by atomic mass is 10.2. The predicted molar refractivity (Wildman–Crippen MR) is 79.4 cm³/mol. The van der Waals surface area contributed by atoms with Crippen LogP contribution in [0.25, 0.3) is 0 Å². The third-order valence-corrected chi connectivity index (χ3v) is 2.31. The Hall–Kier alpha value is -0.0800. The third kappa shape index (κ3) is 11.0. The first-order valence-electron chi connectivity index (χ1n) is 6.02. The highest BCUT2D eigenvalue weighted by atomic mass is 127. The maximum Gasteiger partial charge on any atom is 0.410 e. The molecule has 108 valence electrons. The van der Waals surface area contributed by atoms with E-state index in [1.165, 1.54) is 4.90 Å². The van der Waals surface area contributed by atoms with Crippen LogP contribution in [0.15, 0.2) is 0 Å². The Morgan fingerprint density at radius 2 is 1.67 bits per heavy atom. The minimum absolute atomic E-state index is 0.327. The molecule has 0 aromatic rings. The molecule has 18 heavy (non-hydrogen) atoms. The Labute approximate surface area is 123 Å². The molecule has 0 atom stereocenters. The normalized spacial score (nSPS) is 11.4. The first kappa shape index (κ1) is 17.9. The van der Waals surface area contributed by atoms with E-state index in [1.807, 2.05) is 20.8 Å². The molecule has 6 heteroatoms. The maximum atomic E-state index is 11.6. The Kier molecular flexibility index (Phi) is 9.76. The maximum absolute atomic E-state index is 11.6. The van der Waals surface area contributed by atoms with E-state index < -0.39 is 5.60 Å². The van der Waals surface area contributed by atoms with Crippen molar-refractivity contribution in [2.45, 2.75) is 26.4 Å². The number of amides is 1. The number of hydrogen-bond donors (Lipinski definition) is 0. The van der Waals surface area contributed by atoms with E-state index in [4.69, 9.17) is 14.2 Å². The van der Waals surface area contributed by atoms with Gasteiger partial charge in [-0.15, -0.1) is 0 Å². The Morgan fingerprint density at radius 3 is 2.17 bits per heavy atom. The summed E-state index contributed by atoms with van der Waals surface area (Å²) in [6, 6.07) is 0. The van der Waals surface area contributed by atoms with Gasteiger partial charge in [0.15, 0.2) is 0 Å². The van der Waals surface area contributed by atoms with Crippen LogP contribution in [0.3, 0.4) is 0 Å². The van der Waals surface area contributed by atoms with Crippen molar-refractivity contribution in [3.63, 3.8) is 0 Å². The number of nitrogens with zero attached hydrogens (tertiary/aromatic N) is 1. The molecular weight excluding hydrogens is 349 g/mol. The number of alkyl halides is 1. The average Bonchev–Trinajstić information content (AvgIpc) is 2.25. The van der Waals surface area contributed by atoms with Crippen molar-refractivity contribution < 1.29 is 19.0 Å². The molecule has 5 nitrogen and oxygen atoms in total. The molecule has 0 aromatic heterocycles. The van der Waals surface area contributed by atoms with Gasteiger partial charge in [-0.2, -0.15) is 0 Å². The molecule has 0 rings (SSSR count). The summed E-state index contributed by atoms with van der Waals surface area (Å²) in [6.07, 6.45) is -0.327. The fourth-order valence-electron chi connectivity index (χ4n) is 1.01. The van der Waals surface area contributed by atoms with Crippen molar-refractivity contribution in [2.24, 2.45) is 0 Å². The van der Waals surface area contributed by atoms with Crippen LogP contribution in [-0.4, -0.2) is 61.0 Å². The number of rotatable bonds is 8. The summed E-state index contributed by atoms with van der Waals surface area (Å²) in [6.45, 7) is 8.45. The number of hydrogen-bond acceptors (Lipinski definition) is 4. The lowest BCUT2D eigenvalue weighted by Crippen LogP contribution is -2.36. The lowest BCUT2D eigenvalue weighted by Gasteiger charge is -2.24. The molecule has 1 amide bonds. The topological polar surface area (TPSA) is 48.0 Å². The molecule has 0 N–H and O–H groups in total. The summed E-state index contributed by atoms with van der Waals surface area (Å²) in [4.78, 5) is 13.1. The Morgan fingerprint density at radius 1 is 1.11 bits per heavy atom. The van der Waals surface area contributed by atoms with Crippen molar-refractivity contribution in [3.8, 4) is 0 Å². The van der Waals surface area contributed by atoms with E-state index >= 15 is 0 Å². The molecule has 0 aromatic carbocycles. The number of carbonyl (C=O) groups is 1. The van der Waals surface area contributed by atoms with Crippen molar-refractivity contribution in [2.75, 3.05) is 44.4 Å². The van der Waals surface area contributed by atoms with Crippen molar-refractivity contribution in [3.05, 3.63) is 0 Å². The van der Waals surface area contributed by atoms with Crippen LogP contribution in [0, 0.1) is 0 Å². The molecule has 0 fully saturated rings. The second-order valence-electron chi connectivity index (χ2n) is 4.82. The van der Waals surface area contributed by atoms with Crippen LogP contribution in [0.4, 0.5) is 4.79 Å². The zero-order chi connectivity index (χ0) is 14.0. The van der Waals surface area contributed by atoms with E-state index in [1.54, 1.807) is 7.05 Å². The molecule has 0 aliphatic heterocycles. The van der Waals surface area contributed by atoms with Gasteiger partial charge in [-0.05, 0) is 20.8 Å². The standard InChI is InChI=1S/C12H24INO4/c1-12(2,3)18-11(15)14(4)6-8-17-10-9-16-7-5-13/h5-10H2,1-4H3. The van der Waals surface area contributed by atoms with Crippen LogP contribution >= 0.6 is 22.6 Å². The van der Waals surface area contributed by atoms with Gasteiger partial charge in [-0.3, -0.25) is 0 Å². The Balaban J connectivity index is 3.52. The van der Waals surface area contributed by atoms with Gasteiger partial charge in [0.05, 0.1) is 26.4 Å². The summed E-state index contributed by atoms with van der Waals surface area (Å²) >= 11 is 2.26. The number of likely N-dealkylation sites (N-methyl/N-ethyl adjacent to an activating group) is 1. The molecule has 0 spiro atoms. The SMILES string of the molecule is CN(CCOCCOCCI)C(=O)OC(C)(C)C. The molecule has 0 radical (unpaired) electrons. The van der Waals surface area contributed by atoms with Gasteiger partial charge >= 0.3 is 6.09 Å². The zero-order valence-corrected chi connectivity index (χ0v) is 13.9. The highest BCUT2D eigenvalue weighted by Gasteiger charge is 2.19. The highest BCUT2D eigenvalue weighted by Crippen LogP contribution is 2.08. The molecule has 0 unspecified atom stereocenters. The first-order valence-corrected chi connectivity index (χ1v) is 7.55. The minimum Gasteiger partial charge on any atom is -0.444 e. The van der Waals surface area contributed by atoms with Gasteiger partial charge in [0.1, 0.15) is 5.60 Å². The van der Waals surface area contributed by atoms with Crippen LogP contribution in [0.1, 0.15) is 20.8 Å². The molecule has 0 aliphatic rings. The van der Waals surface area contributed by atoms with Crippen LogP contribution in [-0.2, 0) is 14.2 Å². The largest absolute Gasteiger partial charge is 0.444 e. The summed E-state index contributed by atoms with van der Waals surface area (Å²) in [5, 5.41) is 0. The summed E-state index contributed by atoms with van der Waals surface area (Å²) in [7, 11) is 1.70. The first-order chi connectivity index (χ1) is 8.37.